The third-order valence-corrected chi connectivity index (χ3v) is 3.87. The number of rotatable bonds is 4. The lowest BCUT2D eigenvalue weighted by atomic mass is 10.1. The Morgan fingerprint density at radius 1 is 1.12 bits per heavy atom. The number of carbonyl (C=O) groups excluding carboxylic acids is 1. The van der Waals surface area contributed by atoms with Gasteiger partial charge in [-0.3, -0.25) is 4.79 Å². The van der Waals surface area contributed by atoms with Crippen LogP contribution in [0.15, 0.2) is 42.5 Å². The smallest absolute Gasteiger partial charge is 0.341 e. The Morgan fingerprint density at radius 3 is 2.29 bits per heavy atom. The first-order valence-electron chi connectivity index (χ1n) is 7.01. The first kappa shape index (κ1) is 18.3. The monoisotopic (exact) mass is 359 g/mol. The summed E-state index contributed by atoms with van der Waals surface area (Å²) in [6.45, 7) is -0.0228. The summed E-state index contributed by atoms with van der Waals surface area (Å²) < 4.78 is 51.2. The fraction of sp³-hybridized carbons (Fsp3) is 0.235. The maximum absolute atomic E-state index is 13.7. The third kappa shape index (κ3) is 4.47. The second-order valence-corrected chi connectivity index (χ2v) is 5.73. The predicted octanol–water partition coefficient (Wildman–Crippen LogP) is 4.70. The lowest BCUT2D eigenvalue weighted by Gasteiger charge is -2.18. The molecule has 0 bridgehead atoms. The molecule has 0 N–H and O–H groups in total. The summed E-state index contributed by atoms with van der Waals surface area (Å²) in [4.78, 5) is 13.4. The van der Waals surface area contributed by atoms with Gasteiger partial charge >= 0.3 is 6.18 Å². The zero-order chi connectivity index (χ0) is 17.9. The molecule has 0 aliphatic heterocycles. The van der Waals surface area contributed by atoms with Gasteiger partial charge in [-0.05, 0) is 29.8 Å². The molecule has 2 aromatic rings. The fourth-order valence-corrected chi connectivity index (χ4v) is 2.35. The van der Waals surface area contributed by atoms with Gasteiger partial charge in [0, 0.05) is 24.2 Å². The van der Waals surface area contributed by atoms with Crippen molar-refractivity contribution in [3.05, 3.63) is 70.0 Å². The van der Waals surface area contributed by atoms with Crippen LogP contribution in [0.25, 0.3) is 0 Å². The largest absolute Gasteiger partial charge is 0.416 e. The van der Waals surface area contributed by atoms with Crippen LogP contribution in [-0.4, -0.2) is 17.9 Å². The van der Waals surface area contributed by atoms with Gasteiger partial charge in [-0.2, -0.15) is 13.2 Å². The number of hydrogen-bond donors (Lipinski definition) is 0. The van der Waals surface area contributed by atoms with Crippen molar-refractivity contribution in [2.75, 3.05) is 7.05 Å². The Labute approximate surface area is 141 Å². The second kappa shape index (κ2) is 7.21. The van der Waals surface area contributed by atoms with Crippen molar-refractivity contribution >= 4 is 17.5 Å². The minimum atomic E-state index is -4.42. The summed E-state index contributed by atoms with van der Waals surface area (Å²) in [5, 5.41) is 0.212. The van der Waals surface area contributed by atoms with Crippen LogP contribution < -0.4 is 0 Å². The van der Waals surface area contributed by atoms with Gasteiger partial charge in [0.15, 0.2) is 0 Å². The molecule has 0 spiro atoms. The summed E-state index contributed by atoms with van der Waals surface area (Å²) in [5.74, 6) is -0.870. The lowest BCUT2D eigenvalue weighted by molar-refractivity contribution is -0.137. The van der Waals surface area contributed by atoms with Gasteiger partial charge in [0.25, 0.3) is 0 Å². The number of amides is 1. The number of likely N-dealkylation sites (N-methyl/N-ethyl adjacent to an activating group) is 1. The number of hydrogen-bond acceptors (Lipinski definition) is 1. The maximum atomic E-state index is 13.7. The first-order valence-corrected chi connectivity index (χ1v) is 7.39. The summed E-state index contributed by atoms with van der Waals surface area (Å²) in [7, 11) is 1.48. The summed E-state index contributed by atoms with van der Waals surface area (Å²) in [6.07, 6.45) is -4.50. The van der Waals surface area contributed by atoms with Gasteiger partial charge in [-0.25, -0.2) is 4.39 Å². The SMILES string of the molecule is CN(Cc1c(F)cccc1Cl)C(=O)Cc1ccc(C(F)(F)F)cc1. The molecule has 1 amide bonds. The molecule has 0 fully saturated rings. The minimum absolute atomic E-state index is 0.0228. The number of alkyl halides is 3. The second-order valence-electron chi connectivity index (χ2n) is 5.32. The van der Waals surface area contributed by atoms with E-state index in [2.05, 4.69) is 0 Å². The zero-order valence-electron chi connectivity index (χ0n) is 12.7. The molecule has 0 aromatic heterocycles. The van der Waals surface area contributed by atoms with Crippen molar-refractivity contribution < 1.29 is 22.4 Å². The number of carbonyl (C=O) groups is 1. The molecule has 24 heavy (non-hydrogen) atoms. The van der Waals surface area contributed by atoms with Gasteiger partial charge in [0.2, 0.25) is 5.91 Å². The van der Waals surface area contributed by atoms with Crippen LogP contribution in [0.1, 0.15) is 16.7 Å². The average molecular weight is 360 g/mol. The highest BCUT2D eigenvalue weighted by Crippen LogP contribution is 2.29. The minimum Gasteiger partial charge on any atom is -0.341 e. The highest BCUT2D eigenvalue weighted by molar-refractivity contribution is 6.31. The molecule has 0 aliphatic carbocycles. The molecule has 0 aliphatic rings. The third-order valence-electron chi connectivity index (χ3n) is 3.52. The van der Waals surface area contributed by atoms with E-state index in [1.165, 1.54) is 42.3 Å². The molecule has 2 rings (SSSR count). The molecule has 0 saturated heterocycles. The molecular formula is C17H14ClF4NO. The van der Waals surface area contributed by atoms with E-state index in [1.807, 2.05) is 0 Å². The van der Waals surface area contributed by atoms with Crippen LogP contribution in [-0.2, 0) is 23.9 Å². The quantitative estimate of drug-likeness (QED) is 0.725. The van der Waals surface area contributed by atoms with Crippen LogP contribution in [0.3, 0.4) is 0 Å². The van der Waals surface area contributed by atoms with Crippen molar-refractivity contribution in [3.63, 3.8) is 0 Å². The normalized spacial score (nSPS) is 11.4. The van der Waals surface area contributed by atoms with Crippen LogP contribution in [0.2, 0.25) is 5.02 Å². The number of halogens is 5. The zero-order valence-corrected chi connectivity index (χ0v) is 13.5. The summed E-state index contributed by atoms with van der Waals surface area (Å²) in [6, 6.07) is 8.59. The molecule has 0 unspecified atom stereocenters. The molecule has 0 saturated carbocycles. The van der Waals surface area contributed by atoms with Crippen LogP contribution >= 0.6 is 11.6 Å². The Morgan fingerprint density at radius 2 is 1.75 bits per heavy atom. The molecule has 128 valence electrons. The van der Waals surface area contributed by atoms with Crippen molar-refractivity contribution in [1.82, 2.24) is 4.90 Å². The summed E-state index contributed by atoms with van der Waals surface area (Å²) in [5.41, 5.74) is -0.132. The van der Waals surface area contributed by atoms with E-state index in [9.17, 15) is 22.4 Å². The Bertz CT molecular complexity index is 708. The molecular weight excluding hydrogens is 346 g/mol. The van der Waals surface area contributed by atoms with Gasteiger partial charge in [0.1, 0.15) is 5.82 Å². The van der Waals surface area contributed by atoms with Gasteiger partial charge in [-0.15, -0.1) is 0 Å². The van der Waals surface area contributed by atoms with Crippen LogP contribution in [0.5, 0.6) is 0 Å². The average Bonchev–Trinajstić information content (AvgIpc) is 2.50. The van der Waals surface area contributed by atoms with Gasteiger partial charge in [-0.1, -0.05) is 29.8 Å². The van der Waals surface area contributed by atoms with Gasteiger partial charge in [0.05, 0.1) is 12.0 Å². The van der Waals surface area contributed by atoms with Crippen molar-refractivity contribution in [2.45, 2.75) is 19.1 Å². The molecule has 0 radical (unpaired) electrons. The van der Waals surface area contributed by atoms with E-state index in [1.54, 1.807) is 0 Å². The highest BCUT2D eigenvalue weighted by Gasteiger charge is 2.30. The van der Waals surface area contributed by atoms with E-state index in [4.69, 9.17) is 11.6 Å². The van der Waals surface area contributed by atoms with E-state index < -0.39 is 17.6 Å². The number of nitrogens with zero attached hydrogens (tertiary/aromatic N) is 1. The maximum Gasteiger partial charge on any atom is 0.416 e. The van der Waals surface area contributed by atoms with Crippen molar-refractivity contribution in [1.29, 1.82) is 0 Å². The molecule has 0 heterocycles. The fourth-order valence-electron chi connectivity index (χ4n) is 2.13. The lowest BCUT2D eigenvalue weighted by Crippen LogP contribution is -2.28. The van der Waals surface area contributed by atoms with Crippen LogP contribution in [0, 0.1) is 5.82 Å². The molecule has 2 nitrogen and oxygen atoms in total. The standard InChI is InChI=1S/C17H14ClF4NO/c1-23(10-13-14(18)3-2-4-15(13)19)16(24)9-11-5-7-12(8-6-11)17(20,21)22/h2-8H,9-10H2,1H3. The van der Waals surface area contributed by atoms with Gasteiger partial charge < -0.3 is 4.90 Å². The molecule has 0 atom stereocenters. The molecule has 2 aromatic carbocycles. The Kier molecular flexibility index (Phi) is 5.49. The van der Waals surface area contributed by atoms with Crippen LogP contribution in [0.4, 0.5) is 17.6 Å². The Balaban J connectivity index is 2.04. The van der Waals surface area contributed by atoms with Crippen molar-refractivity contribution in [2.24, 2.45) is 0 Å². The van der Waals surface area contributed by atoms with E-state index >= 15 is 0 Å². The topological polar surface area (TPSA) is 20.3 Å². The van der Waals surface area contributed by atoms with Crippen molar-refractivity contribution in [3.8, 4) is 0 Å². The first-order chi connectivity index (χ1) is 11.2. The number of benzene rings is 2. The highest BCUT2D eigenvalue weighted by atomic mass is 35.5. The van der Waals surface area contributed by atoms with E-state index in [-0.39, 0.29) is 29.5 Å². The van der Waals surface area contributed by atoms with E-state index in [0.717, 1.165) is 12.1 Å². The molecule has 7 heteroatoms. The Hall–Kier alpha value is -2.08. The predicted molar refractivity (Wildman–Crippen MR) is 83.0 cm³/mol. The summed E-state index contributed by atoms with van der Waals surface area (Å²) >= 11 is 5.91. The van der Waals surface area contributed by atoms with E-state index in [0.29, 0.717) is 5.56 Å².